The number of carbonyl (C=O) groups is 2. The van der Waals surface area contributed by atoms with Crippen molar-refractivity contribution in [3.63, 3.8) is 0 Å². The van der Waals surface area contributed by atoms with E-state index in [0.29, 0.717) is 11.3 Å². The van der Waals surface area contributed by atoms with E-state index < -0.39 is 11.5 Å². The van der Waals surface area contributed by atoms with Gasteiger partial charge in [0.2, 0.25) is 0 Å². The minimum Gasteiger partial charge on any atom is -0.384 e. The fourth-order valence-electron chi connectivity index (χ4n) is 3.40. The molecular weight excluding hydrogens is 417 g/mol. The number of benzene rings is 1. The summed E-state index contributed by atoms with van der Waals surface area (Å²) in [5.41, 5.74) is 0.138. The number of ether oxygens (including phenoxy) is 1. The van der Waals surface area contributed by atoms with Crippen molar-refractivity contribution in [3.8, 4) is 11.3 Å². The molecule has 1 aromatic carbocycles. The first-order valence-corrected chi connectivity index (χ1v) is 10.0. The summed E-state index contributed by atoms with van der Waals surface area (Å²) in [6.45, 7) is 0.305. The van der Waals surface area contributed by atoms with Gasteiger partial charge in [0.1, 0.15) is 22.8 Å². The van der Waals surface area contributed by atoms with Crippen LogP contribution in [0.3, 0.4) is 0 Å². The summed E-state index contributed by atoms with van der Waals surface area (Å²) in [5.74, 6) is -1.16. The number of nitrogens with zero attached hydrogens (tertiary/aromatic N) is 3. The van der Waals surface area contributed by atoms with Crippen LogP contribution >= 0.6 is 0 Å². The summed E-state index contributed by atoms with van der Waals surface area (Å²) in [6, 6.07) is 12.3. The van der Waals surface area contributed by atoms with Crippen molar-refractivity contribution in [2.75, 3.05) is 32.8 Å². The lowest BCUT2D eigenvalue weighted by Crippen LogP contribution is -2.53. The highest BCUT2D eigenvalue weighted by Gasteiger charge is 2.35. The number of carbonyl (C=O) groups excluding carboxylic acids is 2. The summed E-state index contributed by atoms with van der Waals surface area (Å²) in [6.07, 6.45) is 1.50. The predicted octanol–water partition coefficient (Wildman–Crippen LogP) is 1.24. The Balaban J connectivity index is 1.43. The third-order valence-electron chi connectivity index (χ3n) is 5.07. The monoisotopic (exact) mass is 439 g/mol. The normalized spacial score (nSPS) is 18.8. The van der Waals surface area contributed by atoms with Gasteiger partial charge in [0.05, 0.1) is 32.0 Å². The van der Waals surface area contributed by atoms with E-state index in [1.165, 1.54) is 23.2 Å². The van der Waals surface area contributed by atoms with Crippen LogP contribution in [0.5, 0.6) is 0 Å². The van der Waals surface area contributed by atoms with E-state index in [4.69, 9.17) is 4.74 Å². The average Bonchev–Trinajstić information content (AvgIpc) is 3.22. The molecule has 0 unspecified atom stereocenters. The highest BCUT2D eigenvalue weighted by Crippen LogP contribution is 2.20. The number of rotatable bonds is 5. The number of H-pyrrole nitrogens is 1. The van der Waals surface area contributed by atoms with Crippen LogP contribution in [0.25, 0.3) is 11.3 Å². The fourth-order valence-corrected chi connectivity index (χ4v) is 3.40. The number of halogens is 1. The Morgan fingerprint density at radius 1 is 1.25 bits per heavy atom. The van der Waals surface area contributed by atoms with E-state index in [1.54, 1.807) is 36.4 Å². The van der Waals surface area contributed by atoms with Gasteiger partial charge in [-0.3, -0.25) is 19.7 Å². The Bertz CT molecular complexity index is 1090. The topological polar surface area (TPSA) is 120 Å². The molecule has 2 aromatic heterocycles. The van der Waals surface area contributed by atoms with Crippen LogP contribution in [0.4, 0.5) is 4.39 Å². The molecule has 166 valence electrons. The molecule has 9 nitrogen and oxygen atoms in total. The highest BCUT2D eigenvalue weighted by molar-refractivity contribution is 5.93. The first-order valence-electron chi connectivity index (χ1n) is 10.0. The maximum atomic E-state index is 13.1. The quantitative estimate of drug-likeness (QED) is 0.550. The van der Waals surface area contributed by atoms with Gasteiger partial charge < -0.3 is 20.1 Å². The fraction of sp³-hybridized carbons (Fsp3) is 0.273. The highest BCUT2D eigenvalue weighted by atomic mass is 19.1. The van der Waals surface area contributed by atoms with Gasteiger partial charge in [0.15, 0.2) is 0 Å². The van der Waals surface area contributed by atoms with Gasteiger partial charge in [0, 0.05) is 18.3 Å². The summed E-state index contributed by atoms with van der Waals surface area (Å²) in [4.78, 5) is 30.7. The molecule has 4 rings (SSSR count). The van der Waals surface area contributed by atoms with E-state index in [0.717, 1.165) is 0 Å². The molecule has 0 bridgehead atoms. The maximum absolute atomic E-state index is 13.1. The number of aliphatic hydroxyl groups is 1. The number of β-amino-alcohol motifs (C(OH)–C–C–N with tert-alkyl or cyclic N) is 1. The zero-order valence-electron chi connectivity index (χ0n) is 17.1. The second kappa shape index (κ2) is 9.25. The molecule has 0 spiro atoms. The van der Waals surface area contributed by atoms with Crippen LogP contribution < -0.4 is 5.32 Å². The summed E-state index contributed by atoms with van der Waals surface area (Å²) >= 11 is 0. The Kier molecular flexibility index (Phi) is 6.24. The van der Waals surface area contributed by atoms with Crippen molar-refractivity contribution in [2.45, 2.75) is 5.60 Å². The molecule has 3 heterocycles. The molecule has 1 saturated heterocycles. The molecule has 1 atom stereocenters. The molecule has 1 fully saturated rings. The third-order valence-corrected chi connectivity index (χ3v) is 5.07. The van der Waals surface area contributed by atoms with Crippen molar-refractivity contribution < 1.29 is 23.8 Å². The number of aromatic amines is 1. The standard InChI is InChI=1S/C22H22FN5O4/c23-16-6-4-15(5-7-16)18-11-19(27-26-18)21(30)28-9-10-32-14-22(31,13-28)12-25-20(29)17-3-1-2-8-24-17/h1-8,11,31H,9-10,12-14H2,(H,25,29)(H,26,27)/t22-/m1/s1. The van der Waals surface area contributed by atoms with Crippen LogP contribution in [-0.2, 0) is 4.74 Å². The van der Waals surface area contributed by atoms with Crippen molar-refractivity contribution in [1.29, 1.82) is 0 Å². The summed E-state index contributed by atoms with van der Waals surface area (Å²) in [7, 11) is 0. The van der Waals surface area contributed by atoms with Crippen LogP contribution in [0.2, 0.25) is 0 Å². The maximum Gasteiger partial charge on any atom is 0.272 e. The van der Waals surface area contributed by atoms with Gasteiger partial charge >= 0.3 is 0 Å². The molecule has 1 aliphatic rings. The van der Waals surface area contributed by atoms with E-state index in [-0.39, 0.29) is 56.0 Å². The Morgan fingerprint density at radius 3 is 2.81 bits per heavy atom. The second-order valence-electron chi connectivity index (χ2n) is 7.58. The molecule has 32 heavy (non-hydrogen) atoms. The minimum atomic E-state index is -1.48. The zero-order chi connectivity index (χ0) is 22.6. The molecule has 1 aliphatic heterocycles. The van der Waals surface area contributed by atoms with Crippen LogP contribution in [0.1, 0.15) is 21.0 Å². The summed E-state index contributed by atoms with van der Waals surface area (Å²) in [5, 5.41) is 20.5. The Morgan fingerprint density at radius 2 is 2.06 bits per heavy atom. The van der Waals surface area contributed by atoms with Gasteiger partial charge in [0.25, 0.3) is 11.8 Å². The van der Waals surface area contributed by atoms with Gasteiger partial charge in [-0.15, -0.1) is 0 Å². The van der Waals surface area contributed by atoms with Crippen LogP contribution in [0.15, 0.2) is 54.7 Å². The Hall–Kier alpha value is -3.63. The van der Waals surface area contributed by atoms with Crippen molar-refractivity contribution in [1.82, 2.24) is 25.4 Å². The van der Waals surface area contributed by atoms with Crippen molar-refractivity contribution in [2.24, 2.45) is 0 Å². The molecule has 10 heteroatoms. The molecule has 3 aromatic rings. The molecule has 3 N–H and O–H groups in total. The van der Waals surface area contributed by atoms with E-state index in [2.05, 4.69) is 20.5 Å². The number of nitrogens with one attached hydrogen (secondary N) is 2. The predicted molar refractivity (Wildman–Crippen MR) is 112 cm³/mol. The lowest BCUT2D eigenvalue weighted by molar-refractivity contribution is -0.0324. The number of aromatic nitrogens is 3. The van der Waals surface area contributed by atoms with Gasteiger partial charge in [-0.25, -0.2) is 4.39 Å². The molecular formula is C22H22FN5O4. The molecule has 0 saturated carbocycles. The molecule has 0 aliphatic carbocycles. The zero-order valence-corrected chi connectivity index (χ0v) is 17.1. The third kappa shape index (κ3) is 4.98. The molecule has 0 radical (unpaired) electrons. The number of pyridine rings is 1. The number of amides is 2. The van der Waals surface area contributed by atoms with Crippen molar-refractivity contribution in [3.05, 3.63) is 71.9 Å². The summed E-state index contributed by atoms with van der Waals surface area (Å²) < 4.78 is 18.6. The van der Waals surface area contributed by atoms with Gasteiger partial charge in [-0.1, -0.05) is 6.07 Å². The number of hydrogen-bond acceptors (Lipinski definition) is 6. The van der Waals surface area contributed by atoms with Gasteiger partial charge in [-0.05, 0) is 42.5 Å². The SMILES string of the molecule is O=C(NC[C@]1(O)COCCN(C(=O)c2cc(-c3ccc(F)cc3)n[nH]2)C1)c1ccccn1. The lowest BCUT2D eigenvalue weighted by Gasteiger charge is -2.30. The second-order valence-corrected chi connectivity index (χ2v) is 7.58. The van der Waals surface area contributed by atoms with Crippen molar-refractivity contribution >= 4 is 11.8 Å². The smallest absolute Gasteiger partial charge is 0.272 e. The minimum absolute atomic E-state index is 0.0386. The van der Waals surface area contributed by atoms with E-state index in [9.17, 15) is 19.1 Å². The lowest BCUT2D eigenvalue weighted by atomic mass is 10.0. The Labute approximate surface area is 183 Å². The molecule has 2 amide bonds. The van der Waals surface area contributed by atoms with Crippen LogP contribution in [-0.4, -0.2) is 75.5 Å². The largest absolute Gasteiger partial charge is 0.384 e. The average molecular weight is 439 g/mol. The first kappa shape index (κ1) is 21.6. The van der Waals surface area contributed by atoms with Gasteiger partial charge in [-0.2, -0.15) is 5.10 Å². The van der Waals surface area contributed by atoms with Crippen LogP contribution in [0, 0.1) is 5.82 Å². The van der Waals surface area contributed by atoms with E-state index >= 15 is 0 Å². The van der Waals surface area contributed by atoms with E-state index in [1.807, 2.05) is 0 Å². The first-order chi connectivity index (χ1) is 15.4. The number of hydrogen-bond donors (Lipinski definition) is 3.